The molecule has 2 N–H and O–H groups in total. The van der Waals surface area contributed by atoms with Crippen LogP contribution in [0.3, 0.4) is 0 Å². The summed E-state index contributed by atoms with van der Waals surface area (Å²) in [6.07, 6.45) is 3.86. The van der Waals surface area contributed by atoms with E-state index in [1.54, 1.807) is 0 Å². The van der Waals surface area contributed by atoms with Gasteiger partial charge in [0.15, 0.2) is 0 Å². The predicted molar refractivity (Wildman–Crippen MR) is 84.1 cm³/mol. The molecule has 1 saturated heterocycles. The fourth-order valence-electron chi connectivity index (χ4n) is 3.21. The summed E-state index contributed by atoms with van der Waals surface area (Å²) in [6.45, 7) is 12.0. The first-order valence-corrected chi connectivity index (χ1v) is 8.18. The van der Waals surface area contributed by atoms with E-state index in [0.717, 1.165) is 39.0 Å². The van der Waals surface area contributed by atoms with Gasteiger partial charge in [0.25, 0.3) is 0 Å². The molecule has 0 bridgehead atoms. The number of hydrogen-bond donors (Lipinski definition) is 2. The lowest BCUT2D eigenvalue weighted by molar-refractivity contribution is -0.0805. The van der Waals surface area contributed by atoms with Crippen LogP contribution < -0.4 is 5.32 Å². The first-order valence-electron chi connectivity index (χ1n) is 8.18. The Morgan fingerprint density at radius 2 is 1.80 bits per heavy atom. The van der Waals surface area contributed by atoms with Crippen LogP contribution in [-0.4, -0.2) is 62.0 Å². The maximum Gasteiger partial charge on any atom is 0.0817 e. The Balaban J connectivity index is 2.54. The third kappa shape index (κ3) is 5.32. The normalized spacial score (nSPS) is 19.5. The standard InChI is InChI=1S/C16H34N2O2/c1-5-15(6-2,12-17-7-3)13-18(4)14-16(19)8-10-20-11-9-16/h17,19H,5-14H2,1-4H3. The number of rotatable bonds is 9. The van der Waals surface area contributed by atoms with Crippen molar-refractivity contribution in [3.8, 4) is 0 Å². The van der Waals surface area contributed by atoms with Gasteiger partial charge in [-0.3, -0.25) is 0 Å². The molecule has 1 fully saturated rings. The van der Waals surface area contributed by atoms with Crippen molar-refractivity contribution in [2.75, 3.05) is 46.4 Å². The summed E-state index contributed by atoms with van der Waals surface area (Å²) in [5.74, 6) is 0. The van der Waals surface area contributed by atoms with Crippen molar-refractivity contribution in [3.63, 3.8) is 0 Å². The maximum atomic E-state index is 10.6. The molecule has 0 unspecified atom stereocenters. The van der Waals surface area contributed by atoms with E-state index in [-0.39, 0.29) is 0 Å². The highest BCUT2D eigenvalue weighted by Gasteiger charge is 2.34. The third-order valence-electron chi connectivity index (χ3n) is 4.84. The summed E-state index contributed by atoms with van der Waals surface area (Å²) in [7, 11) is 2.14. The lowest BCUT2D eigenvalue weighted by Crippen LogP contribution is -2.50. The molecular formula is C16H34N2O2. The van der Waals surface area contributed by atoms with Gasteiger partial charge in [0, 0.05) is 45.7 Å². The molecule has 0 atom stereocenters. The molecule has 4 nitrogen and oxygen atoms in total. The van der Waals surface area contributed by atoms with Crippen molar-refractivity contribution in [2.45, 2.75) is 52.1 Å². The van der Waals surface area contributed by atoms with E-state index in [4.69, 9.17) is 4.74 Å². The van der Waals surface area contributed by atoms with Gasteiger partial charge in [0.2, 0.25) is 0 Å². The van der Waals surface area contributed by atoms with Gasteiger partial charge in [-0.2, -0.15) is 0 Å². The van der Waals surface area contributed by atoms with Gasteiger partial charge >= 0.3 is 0 Å². The number of nitrogens with one attached hydrogen (secondary N) is 1. The van der Waals surface area contributed by atoms with E-state index >= 15 is 0 Å². The van der Waals surface area contributed by atoms with Crippen LogP contribution in [0.1, 0.15) is 46.5 Å². The Kier molecular flexibility index (Phi) is 7.45. The molecule has 0 aromatic heterocycles. The fraction of sp³-hybridized carbons (Fsp3) is 1.00. The molecule has 0 saturated carbocycles. The highest BCUT2D eigenvalue weighted by molar-refractivity contribution is 4.88. The van der Waals surface area contributed by atoms with Crippen LogP contribution >= 0.6 is 0 Å². The molecular weight excluding hydrogens is 252 g/mol. The van der Waals surface area contributed by atoms with Crippen LogP contribution in [-0.2, 0) is 4.74 Å². The summed E-state index contributed by atoms with van der Waals surface area (Å²) >= 11 is 0. The van der Waals surface area contributed by atoms with Crippen LogP contribution in [0, 0.1) is 5.41 Å². The molecule has 0 aromatic rings. The van der Waals surface area contributed by atoms with E-state index in [1.807, 2.05) is 0 Å². The quantitative estimate of drug-likeness (QED) is 0.679. The zero-order valence-electron chi connectivity index (χ0n) is 13.9. The van der Waals surface area contributed by atoms with E-state index in [1.165, 1.54) is 12.8 Å². The van der Waals surface area contributed by atoms with E-state index in [2.05, 4.69) is 38.0 Å². The average molecular weight is 286 g/mol. The maximum absolute atomic E-state index is 10.6. The molecule has 0 aliphatic carbocycles. The molecule has 20 heavy (non-hydrogen) atoms. The first-order chi connectivity index (χ1) is 9.49. The van der Waals surface area contributed by atoms with Gasteiger partial charge in [-0.05, 0) is 31.8 Å². The lowest BCUT2D eigenvalue weighted by Gasteiger charge is -2.40. The number of ether oxygens (including phenoxy) is 1. The van der Waals surface area contributed by atoms with Crippen molar-refractivity contribution < 1.29 is 9.84 Å². The molecule has 0 amide bonds. The van der Waals surface area contributed by atoms with Gasteiger partial charge in [0.1, 0.15) is 0 Å². The highest BCUT2D eigenvalue weighted by atomic mass is 16.5. The zero-order valence-corrected chi connectivity index (χ0v) is 13.9. The van der Waals surface area contributed by atoms with Crippen molar-refractivity contribution in [3.05, 3.63) is 0 Å². The third-order valence-corrected chi connectivity index (χ3v) is 4.84. The van der Waals surface area contributed by atoms with Crippen LogP contribution in [0.25, 0.3) is 0 Å². The van der Waals surface area contributed by atoms with E-state index in [0.29, 0.717) is 18.6 Å². The summed E-state index contributed by atoms with van der Waals surface area (Å²) in [6, 6.07) is 0. The van der Waals surface area contributed by atoms with Gasteiger partial charge in [-0.1, -0.05) is 20.8 Å². The Hall–Kier alpha value is -0.160. The van der Waals surface area contributed by atoms with Gasteiger partial charge in [0.05, 0.1) is 5.60 Å². The molecule has 4 heteroatoms. The summed E-state index contributed by atoms with van der Waals surface area (Å²) in [4.78, 5) is 2.32. The van der Waals surface area contributed by atoms with Gasteiger partial charge < -0.3 is 20.1 Å². The number of likely N-dealkylation sites (N-methyl/N-ethyl adjacent to an activating group) is 1. The average Bonchev–Trinajstić information content (AvgIpc) is 2.43. The Morgan fingerprint density at radius 1 is 1.20 bits per heavy atom. The van der Waals surface area contributed by atoms with Crippen molar-refractivity contribution in [1.82, 2.24) is 10.2 Å². The molecule has 0 aromatic carbocycles. The predicted octanol–water partition coefficient (Wildman–Crippen LogP) is 1.88. The second-order valence-corrected chi connectivity index (χ2v) is 6.50. The molecule has 1 aliphatic rings. The van der Waals surface area contributed by atoms with Crippen molar-refractivity contribution >= 4 is 0 Å². The molecule has 1 heterocycles. The second-order valence-electron chi connectivity index (χ2n) is 6.50. The van der Waals surface area contributed by atoms with E-state index < -0.39 is 5.60 Å². The van der Waals surface area contributed by atoms with Gasteiger partial charge in [-0.25, -0.2) is 0 Å². The van der Waals surface area contributed by atoms with Crippen LogP contribution in [0.5, 0.6) is 0 Å². The topological polar surface area (TPSA) is 44.7 Å². The number of nitrogens with zero attached hydrogens (tertiary/aromatic N) is 1. The monoisotopic (exact) mass is 286 g/mol. The zero-order chi connectivity index (χ0) is 15.1. The summed E-state index contributed by atoms with van der Waals surface area (Å²) < 4.78 is 5.35. The van der Waals surface area contributed by atoms with Gasteiger partial charge in [-0.15, -0.1) is 0 Å². The SMILES string of the molecule is CCNCC(CC)(CC)CN(C)CC1(O)CCOCC1. The largest absolute Gasteiger partial charge is 0.388 e. The summed E-state index contributed by atoms with van der Waals surface area (Å²) in [5, 5.41) is 14.1. The first kappa shape index (κ1) is 17.9. The Labute approximate surface area is 124 Å². The molecule has 0 radical (unpaired) electrons. The van der Waals surface area contributed by atoms with Crippen molar-refractivity contribution in [2.24, 2.45) is 5.41 Å². The van der Waals surface area contributed by atoms with E-state index in [9.17, 15) is 5.11 Å². The molecule has 120 valence electrons. The summed E-state index contributed by atoms with van der Waals surface area (Å²) in [5.41, 5.74) is -0.245. The number of hydrogen-bond acceptors (Lipinski definition) is 4. The van der Waals surface area contributed by atoms with Crippen LogP contribution in [0.2, 0.25) is 0 Å². The van der Waals surface area contributed by atoms with Crippen LogP contribution in [0.4, 0.5) is 0 Å². The molecule has 1 aliphatic heterocycles. The molecule has 0 spiro atoms. The highest BCUT2D eigenvalue weighted by Crippen LogP contribution is 2.28. The minimum atomic E-state index is -0.557. The van der Waals surface area contributed by atoms with Crippen molar-refractivity contribution in [1.29, 1.82) is 0 Å². The minimum absolute atomic E-state index is 0.312. The Morgan fingerprint density at radius 3 is 2.30 bits per heavy atom. The number of aliphatic hydroxyl groups is 1. The lowest BCUT2D eigenvalue weighted by atomic mass is 9.81. The fourth-order valence-corrected chi connectivity index (χ4v) is 3.21. The smallest absolute Gasteiger partial charge is 0.0817 e. The second kappa shape index (κ2) is 8.32. The molecule has 1 rings (SSSR count). The Bertz CT molecular complexity index is 261. The van der Waals surface area contributed by atoms with Crippen LogP contribution in [0.15, 0.2) is 0 Å². The minimum Gasteiger partial charge on any atom is -0.388 e.